The number of benzene rings is 1. The Bertz CT molecular complexity index is 1380. The third-order valence-corrected chi connectivity index (χ3v) is 7.25. The van der Waals surface area contributed by atoms with E-state index in [9.17, 15) is 9.59 Å². The van der Waals surface area contributed by atoms with Crippen molar-refractivity contribution in [3.05, 3.63) is 69.8 Å². The summed E-state index contributed by atoms with van der Waals surface area (Å²) in [6.45, 7) is 4.08. The number of nitrogens with one attached hydrogen (secondary N) is 1. The predicted molar refractivity (Wildman–Crippen MR) is 129 cm³/mol. The van der Waals surface area contributed by atoms with Crippen LogP contribution < -0.4 is 5.32 Å². The molecule has 1 aliphatic carbocycles. The van der Waals surface area contributed by atoms with Crippen LogP contribution in [0.15, 0.2) is 46.9 Å². The number of thiophene rings is 1. The van der Waals surface area contributed by atoms with Crippen LogP contribution in [0.5, 0.6) is 0 Å². The molecular weight excluding hydrogens is 436 g/mol. The highest BCUT2D eigenvalue weighted by atomic mass is 32.1. The average molecular weight is 461 g/mol. The number of amides is 1. The van der Waals surface area contributed by atoms with Gasteiger partial charge in [0, 0.05) is 10.3 Å². The van der Waals surface area contributed by atoms with Gasteiger partial charge in [0.25, 0.3) is 5.91 Å². The molecule has 3 heterocycles. The van der Waals surface area contributed by atoms with Crippen molar-refractivity contribution in [3.63, 3.8) is 0 Å². The molecule has 0 bridgehead atoms. The number of aromatic nitrogens is 1. The van der Waals surface area contributed by atoms with Crippen LogP contribution in [0.2, 0.25) is 0 Å². The Morgan fingerprint density at radius 1 is 1.21 bits per heavy atom. The number of nitrogens with zero attached hydrogens (tertiary/aromatic N) is 1. The second-order valence-electron chi connectivity index (χ2n) is 8.48. The lowest BCUT2D eigenvalue weighted by Crippen LogP contribution is -2.16. The Kier molecular flexibility index (Phi) is 5.50. The highest BCUT2D eigenvalue weighted by molar-refractivity contribution is 7.17. The fourth-order valence-electron chi connectivity index (χ4n) is 4.39. The van der Waals surface area contributed by atoms with Gasteiger partial charge in [0.2, 0.25) is 0 Å². The van der Waals surface area contributed by atoms with Crippen LogP contribution in [-0.2, 0) is 17.6 Å². The first-order chi connectivity index (χ1) is 15.9. The molecule has 7 heteroatoms. The molecule has 1 aliphatic rings. The summed E-state index contributed by atoms with van der Waals surface area (Å²) in [5.74, 6) is 1.21. The Morgan fingerprint density at radius 3 is 2.79 bits per heavy atom. The van der Waals surface area contributed by atoms with E-state index in [2.05, 4.69) is 17.2 Å². The number of hydrogen-bond acceptors (Lipinski definition) is 6. The maximum Gasteiger partial charge on any atom is 0.341 e. The third kappa shape index (κ3) is 3.93. The first kappa shape index (κ1) is 21.4. The van der Waals surface area contributed by atoms with Crippen molar-refractivity contribution in [3.8, 4) is 11.5 Å². The fraction of sp³-hybridized carbons (Fsp3) is 0.269. The summed E-state index contributed by atoms with van der Waals surface area (Å²) in [6, 6.07) is 13.0. The fourth-order valence-corrected chi connectivity index (χ4v) is 5.78. The number of methoxy groups -OCH3 is 1. The summed E-state index contributed by atoms with van der Waals surface area (Å²) in [6.07, 6.45) is 2.73. The van der Waals surface area contributed by atoms with Gasteiger partial charge in [0.15, 0.2) is 5.76 Å². The number of anilines is 1. The third-order valence-electron chi connectivity index (χ3n) is 6.08. The summed E-state index contributed by atoms with van der Waals surface area (Å²) in [5, 5.41) is 4.29. The zero-order valence-corrected chi connectivity index (χ0v) is 19.5. The number of fused-ring (bicyclic) bond motifs is 2. The quantitative estimate of drug-likeness (QED) is 0.376. The molecule has 4 aromatic rings. The van der Waals surface area contributed by atoms with Gasteiger partial charge in [0.05, 0.1) is 23.8 Å². The molecule has 5 rings (SSSR count). The summed E-state index contributed by atoms with van der Waals surface area (Å²) < 4.78 is 10.8. The highest BCUT2D eigenvalue weighted by Crippen LogP contribution is 2.40. The molecule has 1 aromatic carbocycles. The van der Waals surface area contributed by atoms with Crippen molar-refractivity contribution in [2.75, 3.05) is 12.4 Å². The van der Waals surface area contributed by atoms with Crippen LogP contribution in [0, 0.1) is 12.8 Å². The largest absolute Gasteiger partial charge is 0.465 e. The van der Waals surface area contributed by atoms with E-state index in [4.69, 9.17) is 9.15 Å². The Labute approximate surface area is 195 Å². The molecule has 0 spiro atoms. The summed E-state index contributed by atoms with van der Waals surface area (Å²) in [7, 11) is 1.37. The van der Waals surface area contributed by atoms with Gasteiger partial charge in [-0.3, -0.25) is 4.79 Å². The predicted octanol–water partition coefficient (Wildman–Crippen LogP) is 6.03. The summed E-state index contributed by atoms with van der Waals surface area (Å²) in [5.41, 5.74) is 3.24. The Balaban J connectivity index is 1.58. The minimum Gasteiger partial charge on any atom is -0.465 e. The van der Waals surface area contributed by atoms with Crippen molar-refractivity contribution < 1.29 is 18.7 Å². The molecule has 168 valence electrons. The summed E-state index contributed by atoms with van der Waals surface area (Å²) >= 11 is 1.47. The first-order valence-electron chi connectivity index (χ1n) is 11.0. The molecule has 3 aromatic heterocycles. The number of ether oxygens (including phenoxy) is 1. The average Bonchev–Trinajstić information content (AvgIpc) is 3.40. The number of para-hydroxylation sites is 1. The lowest BCUT2D eigenvalue weighted by molar-refractivity contribution is 0.0601. The van der Waals surface area contributed by atoms with Gasteiger partial charge in [-0.25, -0.2) is 9.78 Å². The minimum absolute atomic E-state index is 0.296. The molecule has 0 aliphatic heterocycles. The standard InChI is InChI=1S/C26H24N2O4S/c1-14-8-10-17-22(12-14)33-25(23(17)26(30)31-3)28-24(29)18-13-20(21-11-9-15(2)32-21)27-19-7-5-4-6-16(18)19/h4-7,9,11,13-14H,8,10,12H2,1-3H3,(H,28,29)/t14-/m0/s1. The Morgan fingerprint density at radius 2 is 2.03 bits per heavy atom. The van der Waals surface area contributed by atoms with Crippen molar-refractivity contribution in [1.29, 1.82) is 0 Å². The molecule has 6 nitrogen and oxygen atoms in total. The van der Waals surface area contributed by atoms with Gasteiger partial charge in [-0.1, -0.05) is 25.1 Å². The Hall–Kier alpha value is -3.45. The van der Waals surface area contributed by atoms with Crippen LogP contribution in [0.4, 0.5) is 5.00 Å². The molecule has 0 fully saturated rings. The number of carbonyl (C=O) groups excluding carboxylic acids is 2. The molecule has 1 atom stereocenters. The minimum atomic E-state index is -0.413. The van der Waals surface area contributed by atoms with Crippen LogP contribution in [-0.4, -0.2) is 24.0 Å². The topological polar surface area (TPSA) is 81.4 Å². The molecule has 0 radical (unpaired) electrons. The van der Waals surface area contributed by atoms with E-state index in [0.29, 0.717) is 39.0 Å². The van der Waals surface area contributed by atoms with Gasteiger partial charge in [0.1, 0.15) is 16.5 Å². The first-order valence-corrected chi connectivity index (χ1v) is 11.8. The molecule has 0 saturated carbocycles. The lowest BCUT2D eigenvalue weighted by atomic mass is 9.88. The van der Waals surface area contributed by atoms with Crippen LogP contribution in [0.25, 0.3) is 22.4 Å². The van der Waals surface area contributed by atoms with E-state index in [1.807, 2.05) is 43.3 Å². The zero-order valence-electron chi connectivity index (χ0n) is 18.7. The zero-order chi connectivity index (χ0) is 23.1. The van der Waals surface area contributed by atoms with Gasteiger partial charge in [-0.05, 0) is 61.9 Å². The van der Waals surface area contributed by atoms with Crippen LogP contribution >= 0.6 is 11.3 Å². The van der Waals surface area contributed by atoms with E-state index < -0.39 is 5.97 Å². The second kappa shape index (κ2) is 8.48. The van der Waals surface area contributed by atoms with Gasteiger partial charge >= 0.3 is 5.97 Å². The van der Waals surface area contributed by atoms with E-state index in [0.717, 1.165) is 40.8 Å². The smallest absolute Gasteiger partial charge is 0.341 e. The van der Waals surface area contributed by atoms with Gasteiger partial charge in [-0.2, -0.15) is 0 Å². The monoisotopic (exact) mass is 460 g/mol. The van der Waals surface area contributed by atoms with E-state index >= 15 is 0 Å². The maximum absolute atomic E-state index is 13.5. The number of pyridine rings is 1. The molecule has 33 heavy (non-hydrogen) atoms. The van der Waals surface area contributed by atoms with Gasteiger partial charge in [-0.15, -0.1) is 11.3 Å². The highest BCUT2D eigenvalue weighted by Gasteiger charge is 2.29. The molecular formula is C26H24N2O4S. The molecule has 1 N–H and O–H groups in total. The second-order valence-corrected chi connectivity index (χ2v) is 9.59. The lowest BCUT2D eigenvalue weighted by Gasteiger charge is -2.18. The number of hydrogen-bond donors (Lipinski definition) is 1. The van der Waals surface area contributed by atoms with Crippen molar-refractivity contribution in [2.24, 2.45) is 5.92 Å². The van der Waals surface area contributed by atoms with Crippen molar-refractivity contribution in [1.82, 2.24) is 4.98 Å². The van der Waals surface area contributed by atoms with Crippen molar-refractivity contribution in [2.45, 2.75) is 33.1 Å². The van der Waals surface area contributed by atoms with Gasteiger partial charge < -0.3 is 14.5 Å². The SMILES string of the molecule is COC(=O)c1c(NC(=O)c2cc(-c3ccc(C)o3)nc3ccccc23)sc2c1CC[C@H](C)C2. The molecule has 1 amide bonds. The molecule has 0 unspecified atom stereocenters. The maximum atomic E-state index is 13.5. The number of carbonyl (C=O) groups is 2. The number of aryl methyl sites for hydroxylation is 1. The van der Waals surface area contributed by atoms with E-state index in [1.165, 1.54) is 18.4 Å². The normalized spacial score (nSPS) is 15.3. The van der Waals surface area contributed by atoms with E-state index in [-0.39, 0.29) is 5.91 Å². The number of rotatable bonds is 4. The van der Waals surface area contributed by atoms with Crippen molar-refractivity contribution >= 4 is 39.1 Å². The number of furan rings is 1. The van der Waals surface area contributed by atoms with Crippen LogP contribution in [0.3, 0.4) is 0 Å². The van der Waals surface area contributed by atoms with Crippen LogP contribution in [0.1, 0.15) is 50.3 Å². The number of esters is 1. The summed E-state index contributed by atoms with van der Waals surface area (Å²) in [4.78, 5) is 32.0. The van der Waals surface area contributed by atoms with E-state index in [1.54, 1.807) is 6.07 Å². The molecule has 0 saturated heterocycles.